The molecule has 28 heavy (non-hydrogen) atoms. The number of rotatable bonds is 7. The number of pyridine rings is 2. The number of Topliss-reactive ketones (excluding diaryl/α,β-unsaturated/α-hetero) is 1. The van der Waals surface area contributed by atoms with E-state index in [0.717, 1.165) is 18.7 Å². The van der Waals surface area contributed by atoms with Crippen LogP contribution in [-0.2, 0) is 6.42 Å². The second-order valence-electron chi connectivity index (χ2n) is 6.55. The summed E-state index contributed by atoms with van der Waals surface area (Å²) < 4.78 is 0. The van der Waals surface area contributed by atoms with E-state index in [9.17, 15) is 9.59 Å². The summed E-state index contributed by atoms with van der Waals surface area (Å²) in [6.07, 6.45) is 7.72. The van der Waals surface area contributed by atoms with Crippen LogP contribution in [0.2, 0.25) is 0 Å². The molecule has 6 nitrogen and oxygen atoms in total. The first-order valence-corrected chi connectivity index (χ1v) is 9.00. The maximum absolute atomic E-state index is 12.5. The number of likely N-dealkylation sites (N-methyl/N-ethyl adjacent to an activating group) is 1. The van der Waals surface area contributed by atoms with E-state index in [1.807, 2.05) is 25.2 Å². The van der Waals surface area contributed by atoms with Crippen molar-refractivity contribution in [2.24, 2.45) is 0 Å². The highest BCUT2D eigenvalue weighted by molar-refractivity contribution is 6.04. The van der Waals surface area contributed by atoms with E-state index in [4.69, 9.17) is 0 Å². The van der Waals surface area contributed by atoms with Crippen molar-refractivity contribution >= 4 is 23.1 Å². The average molecular weight is 374 g/mol. The van der Waals surface area contributed by atoms with Crippen LogP contribution < -0.4 is 10.2 Å². The lowest BCUT2D eigenvalue weighted by Gasteiger charge is -2.19. The molecule has 0 unspecified atom stereocenters. The molecule has 0 aliphatic carbocycles. The molecule has 3 aromatic rings. The molecule has 0 saturated heterocycles. The van der Waals surface area contributed by atoms with E-state index in [0.29, 0.717) is 16.8 Å². The van der Waals surface area contributed by atoms with E-state index < -0.39 is 0 Å². The summed E-state index contributed by atoms with van der Waals surface area (Å²) in [4.78, 5) is 34.2. The third-order valence-electron chi connectivity index (χ3n) is 4.46. The quantitative estimate of drug-likeness (QED) is 0.640. The Morgan fingerprint density at radius 3 is 2.36 bits per heavy atom. The molecule has 0 spiro atoms. The van der Waals surface area contributed by atoms with Crippen molar-refractivity contribution in [2.45, 2.75) is 13.3 Å². The molecule has 2 aromatic heterocycles. The SMILES string of the molecule is CC(=O)c1ccc(NC(=O)c2cncc(N(C)CCc3ccncc3)c2)cc1. The largest absolute Gasteiger partial charge is 0.373 e. The number of carbonyl (C=O) groups excluding carboxylic acids is 2. The number of nitrogens with zero attached hydrogens (tertiary/aromatic N) is 3. The predicted octanol–water partition coefficient (Wildman–Crippen LogP) is 3.61. The zero-order chi connectivity index (χ0) is 19.9. The molecule has 0 bridgehead atoms. The molecule has 0 radical (unpaired) electrons. The summed E-state index contributed by atoms with van der Waals surface area (Å²) in [6, 6.07) is 12.6. The highest BCUT2D eigenvalue weighted by atomic mass is 16.1. The molecule has 142 valence electrons. The topological polar surface area (TPSA) is 75.2 Å². The second-order valence-corrected chi connectivity index (χ2v) is 6.55. The number of carbonyl (C=O) groups is 2. The Kier molecular flexibility index (Phi) is 6.11. The number of ketones is 1. The van der Waals surface area contributed by atoms with Crippen molar-refractivity contribution < 1.29 is 9.59 Å². The number of aromatic nitrogens is 2. The van der Waals surface area contributed by atoms with Crippen molar-refractivity contribution in [2.75, 3.05) is 23.8 Å². The summed E-state index contributed by atoms with van der Waals surface area (Å²) in [5.41, 5.74) is 3.79. The highest BCUT2D eigenvalue weighted by Gasteiger charge is 2.10. The number of hydrogen-bond acceptors (Lipinski definition) is 5. The van der Waals surface area contributed by atoms with E-state index in [-0.39, 0.29) is 11.7 Å². The van der Waals surface area contributed by atoms with Crippen LogP contribution in [0.3, 0.4) is 0 Å². The average Bonchev–Trinajstić information content (AvgIpc) is 2.73. The first-order valence-electron chi connectivity index (χ1n) is 9.00. The van der Waals surface area contributed by atoms with Crippen LogP contribution in [0.1, 0.15) is 33.2 Å². The fourth-order valence-electron chi connectivity index (χ4n) is 2.73. The molecule has 1 N–H and O–H groups in total. The van der Waals surface area contributed by atoms with E-state index in [1.165, 1.54) is 12.5 Å². The monoisotopic (exact) mass is 374 g/mol. The smallest absolute Gasteiger partial charge is 0.257 e. The van der Waals surface area contributed by atoms with Gasteiger partial charge >= 0.3 is 0 Å². The number of benzene rings is 1. The Labute approximate surface area is 164 Å². The number of amides is 1. The van der Waals surface area contributed by atoms with Gasteiger partial charge in [-0.25, -0.2) is 0 Å². The lowest BCUT2D eigenvalue weighted by Crippen LogP contribution is -2.21. The van der Waals surface area contributed by atoms with Crippen LogP contribution in [0.25, 0.3) is 0 Å². The van der Waals surface area contributed by atoms with Crippen molar-refractivity contribution in [3.05, 3.63) is 83.9 Å². The molecule has 1 amide bonds. The predicted molar refractivity (Wildman–Crippen MR) is 110 cm³/mol. The molecule has 0 atom stereocenters. The second kappa shape index (κ2) is 8.90. The Hall–Kier alpha value is -3.54. The molecule has 0 aliphatic heterocycles. The van der Waals surface area contributed by atoms with E-state index in [2.05, 4.69) is 20.2 Å². The minimum absolute atomic E-state index is 0.00965. The number of nitrogens with one attached hydrogen (secondary N) is 1. The lowest BCUT2D eigenvalue weighted by atomic mass is 10.1. The van der Waals surface area contributed by atoms with Gasteiger partial charge in [0.15, 0.2) is 5.78 Å². The third kappa shape index (κ3) is 5.01. The summed E-state index contributed by atoms with van der Waals surface area (Å²) in [5, 5.41) is 2.83. The molecule has 2 heterocycles. The zero-order valence-electron chi connectivity index (χ0n) is 15.9. The first kappa shape index (κ1) is 19.2. The maximum atomic E-state index is 12.5. The Balaban J connectivity index is 1.64. The van der Waals surface area contributed by atoms with Gasteiger partial charge in [0.1, 0.15) is 0 Å². The summed E-state index contributed by atoms with van der Waals surface area (Å²) >= 11 is 0. The lowest BCUT2D eigenvalue weighted by molar-refractivity contribution is 0.101. The minimum Gasteiger partial charge on any atom is -0.373 e. The molecule has 1 aromatic carbocycles. The molecule has 0 aliphatic rings. The van der Waals surface area contributed by atoms with Crippen LogP contribution in [0.15, 0.2) is 67.3 Å². The standard InChI is InChI=1S/C22H22N4O2/c1-16(27)18-3-5-20(6-4-18)25-22(28)19-13-21(15-24-14-19)26(2)12-9-17-7-10-23-11-8-17/h3-8,10-11,13-15H,9,12H2,1-2H3,(H,25,28). The van der Waals surface area contributed by atoms with Gasteiger partial charge in [-0.1, -0.05) is 0 Å². The van der Waals surface area contributed by atoms with Gasteiger partial charge in [-0.2, -0.15) is 0 Å². The van der Waals surface area contributed by atoms with Crippen LogP contribution in [0.4, 0.5) is 11.4 Å². The summed E-state index contributed by atoms with van der Waals surface area (Å²) in [5.74, 6) is -0.253. The fourth-order valence-corrected chi connectivity index (χ4v) is 2.73. The number of anilines is 2. The first-order chi connectivity index (χ1) is 13.5. The van der Waals surface area contributed by atoms with Crippen LogP contribution in [-0.4, -0.2) is 35.3 Å². The van der Waals surface area contributed by atoms with Gasteiger partial charge in [-0.15, -0.1) is 0 Å². The highest BCUT2D eigenvalue weighted by Crippen LogP contribution is 2.16. The fraction of sp³-hybridized carbons (Fsp3) is 0.182. The Morgan fingerprint density at radius 1 is 0.964 bits per heavy atom. The van der Waals surface area contributed by atoms with Gasteiger partial charge in [0.05, 0.1) is 17.4 Å². The Bertz CT molecular complexity index is 956. The summed E-state index contributed by atoms with van der Waals surface area (Å²) in [7, 11) is 1.97. The molecular formula is C22H22N4O2. The zero-order valence-corrected chi connectivity index (χ0v) is 15.9. The van der Waals surface area contributed by atoms with Crippen molar-refractivity contribution in [3.63, 3.8) is 0 Å². The van der Waals surface area contributed by atoms with Gasteiger partial charge < -0.3 is 10.2 Å². The van der Waals surface area contributed by atoms with Crippen LogP contribution >= 0.6 is 0 Å². The normalized spacial score (nSPS) is 10.4. The summed E-state index contributed by atoms with van der Waals surface area (Å²) in [6.45, 7) is 2.30. The van der Waals surface area contributed by atoms with Gasteiger partial charge in [-0.05, 0) is 61.4 Å². The van der Waals surface area contributed by atoms with E-state index >= 15 is 0 Å². The van der Waals surface area contributed by atoms with Crippen molar-refractivity contribution in [1.82, 2.24) is 9.97 Å². The molecule has 3 rings (SSSR count). The minimum atomic E-state index is -0.243. The van der Waals surface area contributed by atoms with Gasteiger partial charge in [0, 0.05) is 43.4 Å². The van der Waals surface area contributed by atoms with Gasteiger partial charge in [0.25, 0.3) is 5.91 Å². The van der Waals surface area contributed by atoms with Crippen molar-refractivity contribution in [1.29, 1.82) is 0 Å². The van der Waals surface area contributed by atoms with Gasteiger partial charge in [0.2, 0.25) is 0 Å². The number of hydrogen-bond donors (Lipinski definition) is 1. The maximum Gasteiger partial charge on any atom is 0.257 e. The van der Waals surface area contributed by atoms with E-state index in [1.54, 1.807) is 49.1 Å². The van der Waals surface area contributed by atoms with Crippen molar-refractivity contribution in [3.8, 4) is 0 Å². The third-order valence-corrected chi connectivity index (χ3v) is 4.46. The molecule has 0 fully saturated rings. The Morgan fingerprint density at radius 2 is 1.68 bits per heavy atom. The van der Waals surface area contributed by atoms with Crippen LogP contribution in [0.5, 0.6) is 0 Å². The molecule has 0 saturated carbocycles. The molecular weight excluding hydrogens is 352 g/mol. The van der Waals surface area contributed by atoms with Crippen LogP contribution in [0, 0.1) is 0 Å². The van der Waals surface area contributed by atoms with Gasteiger partial charge in [-0.3, -0.25) is 19.6 Å². The molecule has 6 heteroatoms.